The van der Waals surface area contributed by atoms with Gasteiger partial charge in [-0.05, 0) is 6.92 Å². The van der Waals surface area contributed by atoms with Gasteiger partial charge in [0.15, 0.2) is 0 Å². The highest BCUT2D eigenvalue weighted by Crippen LogP contribution is 2.02. The largest absolute Gasteiger partial charge is 0.370 e. The van der Waals surface area contributed by atoms with Gasteiger partial charge in [0.1, 0.15) is 6.67 Å². The fourth-order valence-electron chi connectivity index (χ4n) is 0.963. The summed E-state index contributed by atoms with van der Waals surface area (Å²) in [6.07, 6.45) is -0.0479. The van der Waals surface area contributed by atoms with Crippen molar-refractivity contribution in [2.75, 3.05) is 19.8 Å². The van der Waals surface area contributed by atoms with Crippen LogP contribution in [0.25, 0.3) is 0 Å². The van der Waals surface area contributed by atoms with Gasteiger partial charge in [0.25, 0.3) is 0 Å². The van der Waals surface area contributed by atoms with E-state index in [-0.39, 0.29) is 18.9 Å². The summed E-state index contributed by atoms with van der Waals surface area (Å²) < 4.78 is 17.1. The van der Waals surface area contributed by atoms with Crippen molar-refractivity contribution in [3.8, 4) is 0 Å². The van der Waals surface area contributed by atoms with E-state index in [1.165, 1.54) is 0 Å². The molecule has 1 aliphatic heterocycles. The Kier molecular flexibility index (Phi) is 2.42. The average Bonchev–Trinajstić information content (AvgIpc) is 1.88. The fraction of sp³-hybridized carbons (Fsp3) is 1.00. The van der Waals surface area contributed by atoms with Crippen molar-refractivity contribution < 1.29 is 9.13 Å². The molecule has 0 aromatic heterocycles. The van der Waals surface area contributed by atoms with Crippen LogP contribution in [0.5, 0.6) is 0 Å². The molecule has 0 aliphatic carbocycles. The molecule has 0 spiro atoms. The maximum atomic E-state index is 11.9. The maximum absolute atomic E-state index is 11.9. The third-order valence-electron chi connectivity index (χ3n) is 1.40. The lowest BCUT2D eigenvalue weighted by molar-refractivity contribution is -0.0375. The van der Waals surface area contributed by atoms with E-state index < -0.39 is 0 Å². The van der Waals surface area contributed by atoms with Gasteiger partial charge in [-0.15, -0.1) is 0 Å². The number of hydrogen-bond acceptors (Lipinski definition) is 2. The molecule has 9 heavy (non-hydrogen) atoms. The van der Waals surface area contributed by atoms with Crippen LogP contribution in [0.3, 0.4) is 0 Å². The van der Waals surface area contributed by atoms with Crippen LogP contribution >= 0.6 is 0 Å². The Morgan fingerprint density at radius 1 is 1.67 bits per heavy atom. The minimum atomic E-state index is -0.378. The van der Waals surface area contributed by atoms with E-state index in [9.17, 15) is 4.39 Å². The highest BCUT2D eigenvalue weighted by Gasteiger charge is 2.17. The van der Waals surface area contributed by atoms with Crippen LogP contribution in [0.1, 0.15) is 6.92 Å². The monoisotopic (exact) mass is 133 g/mol. The Morgan fingerprint density at radius 3 is 2.89 bits per heavy atom. The summed E-state index contributed by atoms with van der Waals surface area (Å²) in [4.78, 5) is 0. The molecule has 54 valence electrons. The molecular formula is C6H12FNO. The third kappa shape index (κ3) is 1.91. The Labute approximate surface area is 54.4 Å². The minimum absolute atomic E-state index is 0.166. The first-order valence-corrected chi connectivity index (χ1v) is 3.25. The van der Waals surface area contributed by atoms with Gasteiger partial charge in [-0.2, -0.15) is 0 Å². The van der Waals surface area contributed by atoms with Gasteiger partial charge in [-0.3, -0.25) is 0 Å². The first-order chi connectivity index (χ1) is 4.33. The zero-order valence-corrected chi connectivity index (χ0v) is 5.56. The predicted octanol–water partition coefficient (Wildman–Crippen LogP) is 0.333. The number of ether oxygens (including phenoxy) is 1. The second-order valence-corrected chi connectivity index (χ2v) is 2.38. The second kappa shape index (κ2) is 3.13. The highest BCUT2D eigenvalue weighted by molar-refractivity contribution is 4.70. The van der Waals surface area contributed by atoms with E-state index in [1.807, 2.05) is 6.92 Å². The van der Waals surface area contributed by atoms with Crippen molar-refractivity contribution in [3.63, 3.8) is 0 Å². The summed E-state index contributed by atoms with van der Waals surface area (Å²) >= 11 is 0. The number of hydrogen-bond donors (Lipinski definition) is 1. The summed E-state index contributed by atoms with van der Waals surface area (Å²) in [6, 6.07) is 0. The molecule has 1 heterocycles. The molecule has 0 bridgehead atoms. The molecule has 0 aromatic rings. The molecule has 1 rings (SSSR count). The minimum Gasteiger partial charge on any atom is -0.370 e. The van der Waals surface area contributed by atoms with Crippen molar-refractivity contribution in [2.24, 2.45) is 0 Å². The molecule has 1 N–H and O–H groups in total. The van der Waals surface area contributed by atoms with E-state index in [1.54, 1.807) is 0 Å². The smallest absolute Gasteiger partial charge is 0.117 e. The van der Waals surface area contributed by atoms with E-state index in [2.05, 4.69) is 5.32 Å². The van der Waals surface area contributed by atoms with Crippen LogP contribution in [-0.4, -0.2) is 32.0 Å². The number of morpholine rings is 1. The first-order valence-electron chi connectivity index (χ1n) is 3.25. The SMILES string of the molecule is C[C@H]1CNC[C@H](CF)O1. The molecule has 2 atom stereocenters. The summed E-state index contributed by atoms with van der Waals surface area (Å²) in [6.45, 7) is 3.06. The summed E-state index contributed by atoms with van der Waals surface area (Å²) in [7, 11) is 0. The lowest BCUT2D eigenvalue weighted by Gasteiger charge is -2.26. The second-order valence-electron chi connectivity index (χ2n) is 2.38. The molecule has 0 unspecified atom stereocenters. The van der Waals surface area contributed by atoms with Crippen LogP contribution < -0.4 is 5.32 Å². The van der Waals surface area contributed by atoms with Gasteiger partial charge in [0, 0.05) is 13.1 Å². The van der Waals surface area contributed by atoms with Crippen LogP contribution in [-0.2, 0) is 4.74 Å². The van der Waals surface area contributed by atoms with Crippen molar-refractivity contribution >= 4 is 0 Å². The predicted molar refractivity (Wildman–Crippen MR) is 33.2 cm³/mol. The quantitative estimate of drug-likeness (QED) is 0.556. The van der Waals surface area contributed by atoms with Crippen molar-refractivity contribution in [3.05, 3.63) is 0 Å². The van der Waals surface area contributed by atoms with Crippen molar-refractivity contribution in [2.45, 2.75) is 19.1 Å². The van der Waals surface area contributed by atoms with Gasteiger partial charge in [0.2, 0.25) is 0 Å². The molecule has 0 aromatic carbocycles. The fourth-order valence-corrected chi connectivity index (χ4v) is 0.963. The highest BCUT2D eigenvalue weighted by atomic mass is 19.1. The van der Waals surface area contributed by atoms with Gasteiger partial charge in [0.05, 0.1) is 12.2 Å². The van der Waals surface area contributed by atoms with Crippen LogP contribution in [0.15, 0.2) is 0 Å². The zero-order chi connectivity index (χ0) is 6.69. The van der Waals surface area contributed by atoms with Crippen LogP contribution in [0.2, 0.25) is 0 Å². The van der Waals surface area contributed by atoms with Gasteiger partial charge >= 0.3 is 0 Å². The Morgan fingerprint density at radius 2 is 2.44 bits per heavy atom. The van der Waals surface area contributed by atoms with Crippen LogP contribution in [0, 0.1) is 0 Å². The van der Waals surface area contributed by atoms with E-state index >= 15 is 0 Å². The number of rotatable bonds is 1. The molecule has 3 heteroatoms. The lowest BCUT2D eigenvalue weighted by Crippen LogP contribution is -2.44. The van der Waals surface area contributed by atoms with Crippen molar-refractivity contribution in [1.29, 1.82) is 0 Å². The van der Waals surface area contributed by atoms with Crippen LogP contribution in [0.4, 0.5) is 4.39 Å². The lowest BCUT2D eigenvalue weighted by atomic mass is 10.3. The average molecular weight is 133 g/mol. The van der Waals surface area contributed by atoms with Crippen molar-refractivity contribution in [1.82, 2.24) is 5.32 Å². The Bertz CT molecular complexity index is 89.1. The number of alkyl halides is 1. The van der Waals surface area contributed by atoms with E-state index in [0.29, 0.717) is 6.54 Å². The molecule has 0 amide bonds. The molecular weight excluding hydrogens is 121 g/mol. The standard InChI is InChI=1S/C6H12FNO/c1-5-3-8-4-6(2-7)9-5/h5-6,8H,2-4H2,1H3/t5-,6-/m0/s1. The maximum Gasteiger partial charge on any atom is 0.117 e. The molecule has 0 radical (unpaired) electrons. The Balaban J connectivity index is 2.23. The van der Waals surface area contributed by atoms with Gasteiger partial charge in [-0.25, -0.2) is 4.39 Å². The van der Waals surface area contributed by atoms with Gasteiger partial charge < -0.3 is 10.1 Å². The summed E-state index contributed by atoms with van der Waals surface area (Å²) in [5, 5.41) is 3.07. The number of nitrogens with one attached hydrogen (secondary N) is 1. The molecule has 2 nitrogen and oxygen atoms in total. The molecule has 0 saturated carbocycles. The van der Waals surface area contributed by atoms with E-state index in [4.69, 9.17) is 4.74 Å². The third-order valence-corrected chi connectivity index (χ3v) is 1.40. The molecule has 1 saturated heterocycles. The van der Waals surface area contributed by atoms with E-state index in [0.717, 1.165) is 6.54 Å². The first kappa shape index (κ1) is 6.96. The topological polar surface area (TPSA) is 21.3 Å². The summed E-state index contributed by atoms with van der Waals surface area (Å²) in [5.74, 6) is 0. The molecule has 1 fully saturated rings. The Hall–Kier alpha value is -0.150. The number of halogens is 1. The normalized spacial score (nSPS) is 36.7. The summed E-state index contributed by atoms with van der Waals surface area (Å²) in [5.41, 5.74) is 0. The van der Waals surface area contributed by atoms with Gasteiger partial charge in [-0.1, -0.05) is 0 Å². The molecule has 1 aliphatic rings. The zero-order valence-electron chi connectivity index (χ0n) is 5.56.